The molecule has 0 radical (unpaired) electrons. The molecule has 0 atom stereocenters. The second-order valence-electron chi connectivity index (χ2n) is 6.34. The van der Waals surface area contributed by atoms with E-state index in [0.29, 0.717) is 17.8 Å². The second-order valence-corrected chi connectivity index (χ2v) is 7.57. The van der Waals surface area contributed by atoms with Gasteiger partial charge in [-0.2, -0.15) is 11.8 Å². The van der Waals surface area contributed by atoms with Gasteiger partial charge in [-0.3, -0.25) is 9.59 Å². The van der Waals surface area contributed by atoms with E-state index in [4.69, 9.17) is 0 Å². The van der Waals surface area contributed by atoms with Crippen LogP contribution in [0.5, 0.6) is 0 Å². The molecule has 7 nitrogen and oxygen atoms in total. The average Bonchev–Trinajstić information content (AvgIpc) is 2.71. The molecule has 0 bridgehead atoms. The van der Waals surface area contributed by atoms with Gasteiger partial charge in [-0.1, -0.05) is 0 Å². The van der Waals surface area contributed by atoms with Crippen LogP contribution in [0.25, 0.3) is 11.3 Å². The molecule has 148 valence electrons. The van der Waals surface area contributed by atoms with Crippen LogP contribution in [-0.4, -0.2) is 59.7 Å². The van der Waals surface area contributed by atoms with Gasteiger partial charge in [0.25, 0.3) is 5.91 Å². The van der Waals surface area contributed by atoms with Gasteiger partial charge in [0.15, 0.2) is 5.82 Å². The molecule has 2 N–H and O–H groups in total. The Balaban J connectivity index is 1.70. The number of nitrogens with zero attached hydrogens (tertiary/aromatic N) is 3. The third-order valence-corrected chi connectivity index (χ3v) is 5.17. The maximum absolute atomic E-state index is 14.0. The summed E-state index contributed by atoms with van der Waals surface area (Å²) in [6.45, 7) is 3.83. The van der Waals surface area contributed by atoms with Crippen molar-refractivity contribution in [1.82, 2.24) is 20.8 Å². The number of benzene rings is 1. The Kier molecular flexibility index (Phi) is 6.80. The van der Waals surface area contributed by atoms with Crippen molar-refractivity contribution in [2.24, 2.45) is 0 Å². The van der Waals surface area contributed by atoms with Crippen LogP contribution in [-0.2, 0) is 4.79 Å². The third kappa shape index (κ3) is 5.41. The van der Waals surface area contributed by atoms with Crippen LogP contribution in [0.15, 0.2) is 30.3 Å². The maximum atomic E-state index is 14.0. The van der Waals surface area contributed by atoms with E-state index in [-0.39, 0.29) is 18.0 Å². The third-order valence-electron chi connectivity index (χ3n) is 4.23. The Morgan fingerprint density at radius 3 is 2.54 bits per heavy atom. The summed E-state index contributed by atoms with van der Waals surface area (Å²) < 4.78 is 14.0. The van der Waals surface area contributed by atoms with Crippen LogP contribution in [0, 0.1) is 5.82 Å². The number of carbonyl (C=O) groups is 2. The van der Waals surface area contributed by atoms with Crippen LogP contribution in [0.1, 0.15) is 17.3 Å². The van der Waals surface area contributed by atoms with E-state index < -0.39 is 11.7 Å². The lowest BCUT2D eigenvalue weighted by Gasteiger charge is -2.26. The number of thioether (sulfide) groups is 1. The molecular formula is C19H22FN5O2S. The van der Waals surface area contributed by atoms with Crippen molar-refractivity contribution in [3.05, 3.63) is 41.7 Å². The highest BCUT2D eigenvalue weighted by molar-refractivity contribution is 7.99. The van der Waals surface area contributed by atoms with Gasteiger partial charge in [-0.15, -0.1) is 10.2 Å². The molecule has 1 saturated heterocycles. The van der Waals surface area contributed by atoms with Gasteiger partial charge < -0.3 is 15.5 Å². The van der Waals surface area contributed by atoms with E-state index in [1.807, 2.05) is 17.8 Å². The largest absolute Gasteiger partial charge is 0.355 e. The fourth-order valence-electron chi connectivity index (χ4n) is 2.83. The lowest BCUT2D eigenvalue weighted by Crippen LogP contribution is -2.33. The molecule has 1 aromatic carbocycles. The van der Waals surface area contributed by atoms with Crippen LogP contribution >= 0.6 is 11.8 Å². The number of nitrogens with one attached hydrogen (secondary N) is 2. The summed E-state index contributed by atoms with van der Waals surface area (Å²) in [7, 11) is 0. The first kappa shape index (κ1) is 20.1. The van der Waals surface area contributed by atoms with Crippen molar-refractivity contribution in [2.45, 2.75) is 6.92 Å². The Morgan fingerprint density at radius 1 is 1.11 bits per heavy atom. The Labute approximate surface area is 167 Å². The predicted molar refractivity (Wildman–Crippen MR) is 108 cm³/mol. The van der Waals surface area contributed by atoms with Crippen molar-refractivity contribution in [2.75, 3.05) is 42.6 Å². The van der Waals surface area contributed by atoms with Crippen molar-refractivity contribution >= 4 is 29.4 Å². The normalized spacial score (nSPS) is 13.9. The number of anilines is 1. The minimum Gasteiger partial charge on any atom is -0.355 e. The Bertz CT molecular complexity index is 841. The molecule has 0 saturated carbocycles. The van der Waals surface area contributed by atoms with E-state index in [0.717, 1.165) is 30.4 Å². The molecule has 0 unspecified atom stereocenters. The molecular weight excluding hydrogens is 381 g/mol. The molecule has 3 rings (SSSR count). The van der Waals surface area contributed by atoms with E-state index in [2.05, 4.69) is 25.7 Å². The van der Waals surface area contributed by atoms with Gasteiger partial charge in [0.1, 0.15) is 5.82 Å². The van der Waals surface area contributed by atoms with Crippen molar-refractivity contribution in [1.29, 1.82) is 0 Å². The van der Waals surface area contributed by atoms with Crippen LogP contribution < -0.4 is 15.5 Å². The summed E-state index contributed by atoms with van der Waals surface area (Å²) >= 11 is 1.92. The van der Waals surface area contributed by atoms with Gasteiger partial charge in [-0.05, 0) is 30.3 Å². The summed E-state index contributed by atoms with van der Waals surface area (Å²) in [6.07, 6.45) is 0. The van der Waals surface area contributed by atoms with Gasteiger partial charge >= 0.3 is 0 Å². The van der Waals surface area contributed by atoms with Gasteiger partial charge in [0.2, 0.25) is 5.91 Å². The lowest BCUT2D eigenvalue weighted by atomic mass is 10.1. The molecule has 1 aliphatic heterocycles. The number of amides is 2. The number of rotatable bonds is 6. The topological polar surface area (TPSA) is 87.2 Å². The lowest BCUT2D eigenvalue weighted by molar-refractivity contribution is -0.118. The van der Waals surface area contributed by atoms with Crippen molar-refractivity contribution in [3.63, 3.8) is 0 Å². The van der Waals surface area contributed by atoms with E-state index in [1.54, 1.807) is 12.1 Å². The van der Waals surface area contributed by atoms with Crippen LogP contribution in [0.2, 0.25) is 0 Å². The molecule has 1 aromatic heterocycles. The fraction of sp³-hybridized carbons (Fsp3) is 0.368. The van der Waals surface area contributed by atoms with E-state index in [1.165, 1.54) is 19.1 Å². The molecule has 28 heavy (non-hydrogen) atoms. The molecule has 0 spiro atoms. The SMILES string of the molecule is CC(=O)NCCNC(=O)c1cc(F)cc(-c2ccc(N3CCSCC3)nn2)c1. The van der Waals surface area contributed by atoms with Crippen molar-refractivity contribution < 1.29 is 14.0 Å². The fourth-order valence-corrected chi connectivity index (χ4v) is 3.73. The molecule has 1 fully saturated rings. The minimum atomic E-state index is -0.525. The highest BCUT2D eigenvalue weighted by atomic mass is 32.2. The quantitative estimate of drug-likeness (QED) is 0.714. The number of hydrogen-bond donors (Lipinski definition) is 2. The van der Waals surface area contributed by atoms with Gasteiger partial charge in [0.05, 0.1) is 5.69 Å². The first-order valence-corrected chi connectivity index (χ1v) is 10.2. The Hall–Kier alpha value is -2.68. The molecule has 2 aromatic rings. The monoisotopic (exact) mass is 403 g/mol. The Morgan fingerprint density at radius 2 is 1.86 bits per heavy atom. The maximum Gasteiger partial charge on any atom is 0.251 e. The molecule has 0 aliphatic carbocycles. The zero-order valence-corrected chi connectivity index (χ0v) is 16.4. The predicted octanol–water partition coefficient (Wildman–Crippen LogP) is 1.70. The van der Waals surface area contributed by atoms with Crippen molar-refractivity contribution in [3.8, 4) is 11.3 Å². The molecule has 2 heterocycles. The van der Waals surface area contributed by atoms with Crippen LogP contribution in [0.3, 0.4) is 0 Å². The summed E-state index contributed by atoms with van der Waals surface area (Å²) in [4.78, 5) is 25.3. The first-order chi connectivity index (χ1) is 13.5. The first-order valence-electron chi connectivity index (χ1n) is 9.03. The number of hydrogen-bond acceptors (Lipinski definition) is 6. The number of aromatic nitrogens is 2. The van der Waals surface area contributed by atoms with E-state index in [9.17, 15) is 14.0 Å². The van der Waals surface area contributed by atoms with Gasteiger partial charge in [-0.25, -0.2) is 4.39 Å². The average molecular weight is 403 g/mol. The number of carbonyl (C=O) groups excluding carboxylic acids is 2. The summed E-state index contributed by atoms with van der Waals surface area (Å²) in [5.74, 6) is 1.82. The summed E-state index contributed by atoms with van der Waals surface area (Å²) in [5, 5.41) is 13.7. The zero-order chi connectivity index (χ0) is 19.9. The number of halogens is 1. The summed E-state index contributed by atoms with van der Waals surface area (Å²) in [5.41, 5.74) is 1.18. The minimum absolute atomic E-state index is 0.174. The van der Waals surface area contributed by atoms with Gasteiger partial charge in [0, 0.05) is 55.7 Å². The summed E-state index contributed by atoms with van der Waals surface area (Å²) in [6, 6.07) is 7.74. The molecule has 2 amide bonds. The smallest absolute Gasteiger partial charge is 0.251 e. The highest BCUT2D eigenvalue weighted by Crippen LogP contribution is 2.22. The molecule has 1 aliphatic rings. The molecule has 9 heteroatoms. The van der Waals surface area contributed by atoms with Crippen LogP contribution in [0.4, 0.5) is 10.2 Å². The second kappa shape index (κ2) is 9.50. The standard InChI is InChI=1S/C19H22FN5O2S/c1-13(26)21-4-5-22-19(27)15-10-14(11-16(20)12-15)17-2-3-18(24-23-17)25-6-8-28-9-7-25/h2-3,10-12H,4-9H2,1H3,(H,21,26)(H,22,27). The zero-order valence-electron chi connectivity index (χ0n) is 15.6. The highest BCUT2D eigenvalue weighted by Gasteiger charge is 2.14. The van der Waals surface area contributed by atoms with E-state index >= 15 is 0 Å².